The van der Waals surface area contributed by atoms with E-state index in [1.54, 1.807) is 7.11 Å². The fourth-order valence-electron chi connectivity index (χ4n) is 2.53. The summed E-state index contributed by atoms with van der Waals surface area (Å²) in [5, 5.41) is 0. The molecular weight excluding hydrogens is 268 g/mol. The fourth-order valence-corrected chi connectivity index (χ4v) is 2.53. The molecule has 0 spiro atoms. The van der Waals surface area contributed by atoms with Gasteiger partial charge in [0.15, 0.2) is 0 Å². The van der Waals surface area contributed by atoms with Crippen LogP contribution in [0, 0.1) is 17.3 Å². The molecule has 0 aliphatic heterocycles. The van der Waals surface area contributed by atoms with Crippen LogP contribution in [-0.4, -0.2) is 13.7 Å². The second kappa shape index (κ2) is 10.8. The second-order valence-electron chi connectivity index (χ2n) is 7.79. The van der Waals surface area contributed by atoms with Crippen LogP contribution in [-0.2, 0) is 4.74 Å². The van der Waals surface area contributed by atoms with Crippen LogP contribution in [0.4, 0.5) is 0 Å². The van der Waals surface area contributed by atoms with Crippen molar-refractivity contribution in [3.63, 3.8) is 0 Å². The van der Waals surface area contributed by atoms with Gasteiger partial charge in [-0.05, 0) is 35.2 Å². The predicted octanol–water partition coefficient (Wildman–Crippen LogP) is 6.54. The Hall–Kier alpha value is -0.820. The number of methoxy groups -OCH3 is 1. The summed E-state index contributed by atoms with van der Waals surface area (Å²) in [6.45, 7) is 16.8. The minimum Gasteiger partial charge on any atom is -0.384 e. The summed E-state index contributed by atoms with van der Waals surface area (Å²) in [5.41, 5.74) is 1.86. The normalized spacial score (nSPS) is 14.2. The first-order chi connectivity index (χ1) is 10.2. The molecule has 0 amide bonds. The average molecular weight is 307 g/mol. The van der Waals surface area contributed by atoms with Gasteiger partial charge < -0.3 is 4.74 Å². The van der Waals surface area contributed by atoms with Gasteiger partial charge in [0.2, 0.25) is 0 Å². The molecule has 0 saturated carbocycles. The monoisotopic (exact) mass is 306 g/mol. The molecule has 0 heterocycles. The summed E-state index contributed by atoms with van der Waals surface area (Å²) in [4.78, 5) is 0. The molecule has 1 aromatic carbocycles. The molecule has 1 heteroatoms. The van der Waals surface area contributed by atoms with E-state index >= 15 is 0 Å². The molecule has 128 valence electrons. The fraction of sp³-hybridized carbons (Fsp3) is 0.714. The minimum absolute atomic E-state index is 0.372. The lowest BCUT2D eigenvalue weighted by atomic mass is 9.74. The SMILES string of the molecule is CCCC(c1ccccc1)C(C)(C)C.COCC(C)C(C)C. The van der Waals surface area contributed by atoms with E-state index in [4.69, 9.17) is 4.74 Å². The van der Waals surface area contributed by atoms with Crippen molar-refractivity contribution in [2.45, 2.75) is 67.2 Å². The molecule has 0 aliphatic rings. The van der Waals surface area contributed by atoms with Crippen molar-refractivity contribution >= 4 is 0 Å². The van der Waals surface area contributed by atoms with Gasteiger partial charge in [-0.1, -0.05) is 85.2 Å². The van der Waals surface area contributed by atoms with Crippen molar-refractivity contribution in [2.75, 3.05) is 13.7 Å². The third-order valence-electron chi connectivity index (χ3n) is 4.39. The Morgan fingerprint density at radius 1 is 1.00 bits per heavy atom. The van der Waals surface area contributed by atoms with Gasteiger partial charge in [0.1, 0.15) is 0 Å². The lowest BCUT2D eigenvalue weighted by molar-refractivity contribution is 0.138. The highest BCUT2D eigenvalue weighted by Gasteiger charge is 2.24. The predicted molar refractivity (Wildman–Crippen MR) is 99.4 cm³/mol. The number of rotatable bonds is 6. The lowest BCUT2D eigenvalue weighted by Crippen LogP contribution is -2.18. The summed E-state index contributed by atoms with van der Waals surface area (Å²) in [7, 11) is 1.75. The van der Waals surface area contributed by atoms with Crippen molar-refractivity contribution in [2.24, 2.45) is 17.3 Å². The van der Waals surface area contributed by atoms with E-state index in [1.165, 1.54) is 18.4 Å². The van der Waals surface area contributed by atoms with Gasteiger partial charge in [0, 0.05) is 13.7 Å². The van der Waals surface area contributed by atoms with Crippen molar-refractivity contribution < 1.29 is 4.74 Å². The average Bonchev–Trinajstić information content (AvgIpc) is 2.45. The van der Waals surface area contributed by atoms with Gasteiger partial charge in [0.05, 0.1) is 0 Å². The molecule has 0 bridgehead atoms. The molecular formula is C21H38O. The Balaban J connectivity index is 0.000000472. The van der Waals surface area contributed by atoms with Crippen LogP contribution in [0.25, 0.3) is 0 Å². The van der Waals surface area contributed by atoms with E-state index in [9.17, 15) is 0 Å². The molecule has 1 nitrogen and oxygen atoms in total. The Labute approximate surface area is 139 Å². The first kappa shape index (κ1) is 21.2. The summed E-state index contributed by atoms with van der Waals surface area (Å²) in [6, 6.07) is 10.9. The van der Waals surface area contributed by atoms with E-state index in [1.807, 2.05) is 0 Å². The summed E-state index contributed by atoms with van der Waals surface area (Å²) < 4.78 is 4.96. The zero-order valence-electron chi connectivity index (χ0n) is 16.1. The molecule has 0 aromatic heterocycles. The van der Waals surface area contributed by atoms with Crippen molar-refractivity contribution in [3.05, 3.63) is 35.9 Å². The summed E-state index contributed by atoms with van der Waals surface area (Å²) in [6.07, 6.45) is 2.55. The van der Waals surface area contributed by atoms with Crippen molar-refractivity contribution in [3.8, 4) is 0 Å². The lowest BCUT2D eigenvalue weighted by Gasteiger charge is -2.31. The summed E-state index contributed by atoms with van der Waals surface area (Å²) >= 11 is 0. The van der Waals surface area contributed by atoms with Crippen LogP contribution in [0.3, 0.4) is 0 Å². The highest BCUT2D eigenvalue weighted by Crippen LogP contribution is 2.38. The third-order valence-corrected chi connectivity index (χ3v) is 4.39. The Morgan fingerprint density at radius 2 is 1.55 bits per heavy atom. The van der Waals surface area contributed by atoms with E-state index in [0.29, 0.717) is 17.3 Å². The molecule has 0 radical (unpaired) electrons. The zero-order chi connectivity index (χ0) is 17.2. The Kier molecular flexibility index (Phi) is 10.4. The highest BCUT2D eigenvalue weighted by molar-refractivity contribution is 5.21. The van der Waals surface area contributed by atoms with Crippen LogP contribution in [0.2, 0.25) is 0 Å². The molecule has 1 rings (SSSR count). The van der Waals surface area contributed by atoms with Crippen molar-refractivity contribution in [1.82, 2.24) is 0 Å². The molecule has 1 aromatic rings. The van der Waals surface area contributed by atoms with Gasteiger partial charge >= 0.3 is 0 Å². The smallest absolute Gasteiger partial charge is 0.0490 e. The molecule has 2 unspecified atom stereocenters. The maximum absolute atomic E-state index is 4.96. The molecule has 2 atom stereocenters. The maximum Gasteiger partial charge on any atom is 0.0490 e. The van der Waals surface area contributed by atoms with Crippen molar-refractivity contribution in [1.29, 1.82) is 0 Å². The number of benzene rings is 1. The zero-order valence-corrected chi connectivity index (χ0v) is 16.1. The second-order valence-corrected chi connectivity index (χ2v) is 7.79. The number of hydrogen-bond donors (Lipinski definition) is 0. The van der Waals surface area contributed by atoms with E-state index in [-0.39, 0.29) is 0 Å². The van der Waals surface area contributed by atoms with Gasteiger partial charge in [0.25, 0.3) is 0 Å². The largest absolute Gasteiger partial charge is 0.384 e. The van der Waals surface area contributed by atoms with Gasteiger partial charge in [-0.25, -0.2) is 0 Å². The Bertz CT molecular complexity index is 361. The van der Waals surface area contributed by atoms with E-state index < -0.39 is 0 Å². The Morgan fingerprint density at radius 3 is 1.86 bits per heavy atom. The van der Waals surface area contributed by atoms with Gasteiger partial charge in [-0.3, -0.25) is 0 Å². The topological polar surface area (TPSA) is 9.23 Å². The molecule has 0 N–H and O–H groups in total. The highest BCUT2D eigenvalue weighted by atomic mass is 16.5. The third kappa shape index (κ3) is 8.58. The number of hydrogen-bond acceptors (Lipinski definition) is 1. The van der Waals surface area contributed by atoms with Gasteiger partial charge in [-0.15, -0.1) is 0 Å². The number of ether oxygens (including phenoxy) is 1. The van der Waals surface area contributed by atoms with Crippen LogP contribution < -0.4 is 0 Å². The standard InChI is InChI=1S/C14H22.C7H16O/c1-5-9-13(14(2,3)4)12-10-7-6-8-11-12;1-6(2)7(3)5-8-4/h6-8,10-11,13H,5,9H2,1-4H3;6-7H,5H2,1-4H3. The molecule has 22 heavy (non-hydrogen) atoms. The first-order valence-electron chi connectivity index (χ1n) is 8.77. The van der Waals surface area contributed by atoms with E-state index in [2.05, 4.69) is 78.8 Å². The van der Waals surface area contributed by atoms with Crippen LogP contribution in [0.1, 0.15) is 72.8 Å². The first-order valence-corrected chi connectivity index (χ1v) is 8.77. The van der Waals surface area contributed by atoms with E-state index in [0.717, 1.165) is 12.5 Å². The molecule has 0 fully saturated rings. The molecule has 0 aliphatic carbocycles. The molecule has 0 saturated heterocycles. The van der Waals surface area contributed by atoms with Crippen LogP contribution in [0.5, 0.6) is 0 Å². The summed E-state index contributed by atoms with van der Waals surface area (Å²) in [5.74, 6) is 2.13. The maximum atomic E-state index is 4.96. The quantitative estimate of drug-likeness (QED) is 0.579. The minimum atomic E-state index is 0.372. The van der Waals surface area contributed by atoms with Crippen LogP contribution in [0.15, 0.2) is 30.3 Å². The van der Waals surface area contributed by atoms with Gasteiger partial charge in [-0.2, -0.15) is 0 Å². The van der Waals surface area contributed by atoms with Crippen LogP contribution >= 0.6 is 0 Å².